The molecule has 6 heteroatoms. The van der Waals surface area contributed by atoms with E-state index in [2.05, 4.69) is 35.1 Å². The highest BCUT2D eigenvalue weighted by atomic mass is 79.9. The second kappa shape index (κ2) is 8.24. The average Bonchev–Trinajstić information content (AvgIpc) is 2.46. The molecule has 1 aromatic rings. The highest BCUT2D eigenvalue weighted by Gasteiger charge is 2.17. The number of hydrogen-bond donors (Lipinski definition) is 2. The molecule has 1 unspecified atom stereocenters. The summed E-state index contributed by atoms with van der Waals surface area (Å²) in [5.41, 5.74) is 6.19. The Hall–Kier alpha value is -1.27. The van der Waals surface area contributed by atoms with Crippen molar-refractivity contribution in [1.82, 2.24) is 5.32 Å². The van der Waals surface area contributed by atoms with Gasteiger partial charge in [-0.15, -0.1) is 0 Å². The lowest BCUT2D eigenvalue weighted by Crippen LogP contribution is -2.41. The van der Waals surface area contributed by atoms with E-state index in [0.717, 1.165) is 6.42 Å². The van der Waals surface area contributed by atoms with Crippen LogP contribution < -0.4 is 20.5 Å². The summed E-state index contributed by atoms with van der Waals surface area (Å²) in [6.07, 6.45) is 0.840. The zero-order valence-corrected chi connectivity index (χ0v) is 14.5. The molecule has 0 heterocycles. The molecular formula is C15H23BrN2O3. The van der Waals surface area contributed by atoms with Gasteiger partial charge in [-0.3, -0.25) is 4.79 Å². The number of halogens is 1. The topological polar surface area (TPSA) is 73.6 Å². The van der Waals surface area contributed by atoms with E-state index in [0.29, 0.717) is 34.0 Å². The van der Waals surface area contributed by atoms with Crippen LogP contribution in [0.5, 0.6) is 11.5 Å². The second-order valence-corrected chi connectivity index (χ2v) is 6.02. The second-order valence-electron chi connectivity index (χ2n) is 5.23. The Balaban J connectivity index is 2.96. The summed E-state index contributed by atoms with van der Waals surface area (Å²) in [7, 11) is 3.09. The molecule has 118 valence electrons. The average molecular weight is 359 g/mol. The zero-order chi connectivity index (χ0) is 16.0. The number of benzene rings is 1. The maximum atomic E-state index is 12.3. The predicted molar refractivity (Wildman–Crippen MR) is 87.0 cm³/mol. The quantitative estimate of drug-likeness (QED) is 0.785. The van der Waals surface area contributed by atoms with Gasteiger partial charge in [-0.05, 0) is 40.4 Å². The molecule has 5 nitrogen and oxygen atoms in total. The number of carbonyl (C=O) groups is 1. The number of carbonyl (C=O) groups excluding carboxylic acids is 1. The number of hydrogen-bond acceptors (Lipinski definition) is 4. The summed E-state index contributed by atoms with van der Waals surface area (Å²) in [6.45, 7) is 4.61. The van der Waals surface area contributed by atoms with E-state index in [1.807, 2.05) is 0 Å². The number of nitrogens with two attached hydrogens (primary N) is 1. The van der Waals surface area contributed by atoms with Crippen molar-refractivity contribution in [3.05, 3.63) is 22.2 Å². The normalized spacial score (nSPS) is 12.1. The van der Waals surface area contributed by atoms with E-state index in [1.54, 1.807) is 26.4 Å². The molecule has 0 radical (unpaired) electrons. The lowest BCUT2D eigenvalue weighted by atomic mass is 10.0. The van der Waals surface area contributed by atoms with Gasteiger partial charge in [-0.25, -0.2) is 0 Å². The molecular weight excluding hydrogens is 336 g/mol. The molecule has 0 aliphatic heterocycles. The third kappa shape index (κ3) is 4.89. The highest BCUT2D eigenvalue weighted by Crippen LogP contribution is 2.35. The molecule has 0 aliphatic carbocycles. The summed E-state index contributed by atoms with van der Waals surface area (Å²) in [5.74, 6) is 1.38. The van der Waals surface area contributed by atoms with Crippen molar-refractivity contribution >= 4 is 21.8 Å². The first kappa shape index (κ1) is 17.8. The van der Waals surface area contributed by atoms with Gasteiger partial charge in [-0.1, -0.05) is 13.8 Å². The molecule has 0 saturated carbocycles. The fraction of sp³-hybridized carbons (Fsp3) is 0.533. The molecule has 1 amide bonds. The number of amides is 1. The largest absolute Gasteiger partial charge is 0.495 e. The standard InChI is InChI=1S/C15H23BrN2O3/c1-9(2)5-11(8-17)18-15(19)10-6-12(20-3)14(16)13(7-10)21-4/h6-7,9,11H,5,8,17H2,1-4H3,(H,18,19). The molecule has 0 bridgehead atoms. The van der Waals surface area contributed by atoms with Crippen LogP contribution in [0.3, 0.4) is 0 Å². The zero-order valence-electron chi connectivity index (χ0n) is 12.9. The van der Waals surface area contributed by atoms with Crippen molar-refractivity contribution in [3.8, 4) is 11.5 Å². The Labute approximate surface area is 134 Å². The van der Waals surface area contributed by atoms with Crippen LogP contribution in [-0.2, 0) is 0 Å². The van der Waals surface area contributed by atoms with Crippen LogP contribution >= 0.6 is 15.9 Å². The minimum absolute atomic E-state index is 0.0434. The minimum atomic E-state index is -0.185. The first-order valence-corrected chi connectivity index (χ1v) is 7.64. The van der Waals surface area contributed by atoms with Crippen molar-refractivity contribution in [1.29, 1.82) is 0 Å². The number of ether oxygens (including phenoxy) is 2. The smallest absolute Gasteiger partial charge is 0.251 e. The molecule has 1 aromatic carbocycles. The monoisotopic (exact) mass is 358 g/mol. The maximum Gasteiger partial charge on any atom is 0.251 e. The van der Waals surface area contributed by atoms with Crippen molar-refractivity contribution in [2.45, 2.75) is 26.3 Å². The van der Waals surface area contributed by atoms with Crippen LogP contribution in [-0.4, -0.2) is 32.7 Å². The number of methoxy groups -OCH3 is 2. The summed E-state index contributed by atoms with van der Waals surface area (Å²) in [6, 6.07) is 3.30. The highest BCUT2D eigenvalue weighted by molar-refractivity contribution is 9.10. The number of nitrogens with one attached hydrogen (secondary N) is 1. The third-order valence-corrected chi connectivity index (χ3v) is 3.87. The lowest BCUT2D eigenvalue weighted by Gasteiger charge is -2.19. The molecule has 1 rings (SSSR count). The van der Waals surface area contributed by atoms with Crippen molar-refractivity contribution in [2.24, 2.45) is 11.7 Å². The van der Waals surface area contributed by atoms with Gasteiger partial charge < -0.3 is 20.5 Å². The van der Waals surface area contributed by atoms with Gasteiger partial charge >= 0.3 is 0 Å². The van der Waals surface area contributed by atoms with E-state index in [-0.39, 0.29) is 11.9 Å². The summed E-state index contributed by atoms with van der Waals surface area (Å²) < 4.78 is 11.2. The van der Waals surface area contributed by atoms with E-state index < -0.39 is 0 Å². The lowest BCUT2D eigenvalue weighted by molar-refractivity contribution is 0.0933. The fourth-order valence-electron chi connectivity index (χ4n) is 2.05. The Morgan fingerprint density at radius 3 is 2.19 bits per heavy atom. The van der Waals surface area contributed by atoms with Crippen LogP contribution in [0.25, 0.3) is 0 Å². The molecule has 3 N–H and O–H groups in total. The summed E-state index contributed by atoms with van der Waals surface area (Å²) in [5, 5.41) is 2.95. The van der Waals surface area contributed by atoms with Crippen LogP contribution in [0, 0.1) is 5.92 Å². The van der Waals surface area contributed by atoms with Crippen LogP contribution in [0.4, 0.5) is 0 Å². The fourth-order valence-corrected chi connectivity index (χ4v) is 2.60. The van der Waals surface area contributed by atoms with Gasteiger partial charge in [0, 0.05) is 18.2 Å². The molecule has 0 fully saturated rings. The molecule has 1 atom stereocenters. The van der Waals surface area contributed by atoms with E-state index in [9.17, 15) is 4.79 Å². The van der Waals surface area contributed by atoms with Crippen LogP contribution in [0.2, 0.25) is 0 Å². The van der Waals surface area contributed by atoms with Gasteiger partial charge in [0.1, 0.15) is 16.0 Å². The molecule has 0 spiro atoms. The molecule has 0 aliphatic rings. The van der Waals surface area contributed by atoms with E-state index in [4.69, 9.17) is 15.2 Å². The predicted octanol–water partition coefficient (Wildman–Crippen LogP) is 2.57. The van der Waals surface area contributed by atoms with Gasteiger partial charge in [0.2, 0.25) is 0 Å². The Morgan fingerprint density at radius 1 is 1.29 bits per heavy atom. The van der Waals surface area contributed by atoms with Crippen molar-refractivity contribution in [2.75, 3.05) is 20.8 Å². The van der Waals surface area contributed by atoms with Gasteiger partial charge in [-0.2, -0.15) is 0 Å². The minimum Gasteiger partial charge on any atom is -0.495 e. The third-order valence-electron chi connectivity index (χ3n) is 3.08. The summed E-state index contributed by atoms with van der Waals surface area (Å²) >= 11 is 3.38. The maximum absolute atomic E-state index is 12.3. The first-order chi connectivity index (χ1) is 9.92. The van der Waals surface area contributed by atoms with Gasteiger partial charge in [0.15, 0.2) is 0 Å². The van der Waals surface area contributed by atoms with Gasteiger partial charge in [0.05, 0.1) is 14.2 Å². The van der Waals surface area contributed by atoms with Gasteiger partial charge in [0.25, 0.3) is 5.91 Å². The molecule has 0 saturated heterocycles. The summed E-state index contributed by atoms with van der Waals surface area (Å²) in [4.78, 5) is 12.3. The van der Waals surface area contributed by atoms with Crippen LogP contribution in [0.1, 0.15) is 30.6 Å². The van der Waals surface area contributed by atoms with Crippen LogP contribution in [0.15, 0.2) is 16.6 Å². The molecule has 21 heavy (non-hydrogen) atoms. The Kier molecular flexibility index (Phi) is 6.98. The Bertz CT molecular complexity index is 467. The number of rotatable bonds is 7. The van der Waals surface area contributed by atoms with Crippen molar-refractivity contribution < 1.29 is 14.3 Å². The Morgan fingerprint density at radius 2 is 1.81 bits per heavy atom. The van der Waals surface area contributed by atoms with Crippen molar-refractivity contribution in [3.63, 3.8) is 0 Å². The first-order valence-electron chi connectivity index (χ1n) is 6.85. The van der Waals surface area contributed by atoms with E-state index in [1.165, 1.54) is 0 Å². The van der Waals surface area contributed by atoms with E-state index >= 15 is 0 Å². The molecule has 0 aromatic heterocycles. The SMILES string of the molecule is COc1cc(C(=O)NC(CN)CC(C)C)cc(OC)c1Br.